The van der Waals surface area contributed by atoms with Gasteiger partial charge in [0.15, 0.2) is 5.78 Å². The summed E-state index contributed by atoms with van der Waals surface area (Å²) in [5.74, 6) is -2.03. The first kappa shape index (κ1) is 18.4. The summed E-state index contributed by atoms with van der Waals surface area (Å²) in [7, 11) is 0. The number of hydrogen-bond donors (Lipinski definition) is 2. The molecule has 2 amide bonds. The number of likely N-dealkylation sites (tertiary alicyclic amines) is 1. The van der Waals surface area contributed by atoms with E-state index in [0.717, 1.165) is 0 Å². The standard InChI is InChI=1S/C18H20N2O5/c1-11(10-16(22)20-9-3-4-15(20)18(24)25)17(23)13-5-7-14(8-6-13)19-12(2)21/h5-8,10,15H,3-4,9H2,1-2H3,(H,19,21)(H,24,25)/t15-/m0/s1. The lowest BCUT2D eigenvalue weighted by molar-refractivity contribution is -0.146. The average molecular weight is 344 g/mol. The van der Waals surface area contributed by atoms with Crippen LogP contribution in [0, 0.1) is 0 Å². The van der Waals surface area contributed by atoms with E-state index in [1.807, 2.05) is 0 Å². The lowest BCUT2D eigenvalue weighted by Crippen LogP contribution is -2.39. The van der Waals surface area contributed by atoms with Gasteiger partial charge in [-0.05, 0) is 44.0 Å². The van der Waals surface area contributed by atoms with Crippen molar-refractivity contribution in [1.29, 1.82) is 0 Å². The van der Waals surface area contributed by atoms with Crippen LogP contribution in [0.3, 0.4) is 0 Å². The molecule has 0 bridgehead atoms. The molecule has 2 N–H and O–H groups in total. The Morgan fingerprint density at radius 1 is 1.16 bits per heavy atom. The van der Waals surface area contributed by atoms with E-state index in [1.165, 1.54) is 24.8 Å². The van der Waals surface area contributed by atoms with Crippen LogP contribution in [0.1, 0.15) is 37.0 Å². The van der Waals surface area contributed by atoms with Crippen molar-refractivity contribution in [3.05, 3.63) is 41.5 Å². The van der Waals surface area contributed by atoms with E-state index >= 15 is 0 Å². The van der Waals surface area contributed by atoms with Gasteiger partial charge in [-0.2, -0.15) is 0 Å². The van der Waals surface area contributed by atoms with Crippen molar-refractivity contribution in [2.24, 2.45) is 0 Å². The fraction of sp³-hybridized carbons (Fsp3) is 0.333. The highest BCUT2D eigenvalue weighted by Gasteiger charge is 2.33. The topological polar surface area (TPSA) is 104 Å². The van der Waals surface area contributed by atoms with E-state index in [0.29, 0.717) is 30.6 Å². The Labute approximate surface area is 145 Å². The summed E-state index contributed by atoms with van der Waals surface area (Å²) in [6.45, 7) is 3.29. The summed E-state index contributed by atoms with van der Waals surface area (Å²) in [5, 5.41) is 11.7. The third kappa shape index (κ3) is 4.53. The van der Waals surface area contributed by atoms with Crippen LogP contribution >= 0.6 is 0 Å². The second-order valence-corrected chi connectivity index (χ2v) is 5.94. The average Bonchev–Trinajstić information content (AvgIpc) is 3.04. The van der Waals surface area contributed by atoms with Gasteiger partial charge in [0.2, 0.25) is 11.8 Å². The van der Waals surface area contributed by atoms with E-state index < -0.39 is 17.9 Å². The Kier molecular flexibility index (Phi) is 5.69. The molecule has 0 saturated carbocycles. The minimum Gasteiger partial charge on any atom is -0.480 e. The number of allylic oxidation sites excluding steroid dienone is 1. The molecule has 0 aliphatic carbocycles. The van der Waals surface area contributed by atoms with Gasteiger partial charge in [-0.15, -0.1) is 0 Å². The lowest BCUT2D eigenvalue weighted by Gasteiger charge is -2.19. The summed E-state index contributed by atoms with van der Waals surface area (Å²) in [6, 6.07) is 5.50. The smallest absolute Gasteiger partial charge is 0.326 e. The van der Waals surface area contributed by atoms with Crippen LogP contribution in [0.5, 0.6) is 0 Å². The molecule has 0 radical (unpaired) electrons. The zero-order chi connectivity index (χ0) is 18.6. The Hall–Kier alpha value is -2.96. The number of nitrogens with zero attached hydrogens (tertiary/aromatic N) is 1. The Bertz CT molecular complexity index is 736. The number of carbonyl (C=O) groups excluding carboxylic acids is 3. The number of carboxylic acids is 1. The van der Waals surface area contributed by atoms with E-state index in [-0.39, 0.29) is 17.3 Å². The van der Waals surface area contributed by atoms with Crippen LogP contribution in [0.25, 0.3) is 0 Å². The molecule has 1 heterocycles. The quantitative estimate of drug-likeness (QED) is 0.627. The zero-order valence-electron chi connectivity index (χ0n) is 14.1. The first-order chi connectivity index (χ1) is 11.8. The molecule has 1 aromatic carbocycles. The maximum Gasteiger partial charge on any atom is 0.326 e. The van der Waals surface area contributed by atoms with Crippen molar-refractivity contribution in [3.8, 4) is 0 Å². The third-order valence-electron chi connectivity index (χ3n) is 3.99. The molecule has 1 aliphatic heterocycles. The predicted octanol–water partition coefficient (Wildman–Crippen LogP) is 1.85. The predicted molar refractivity (Wildman–Crippen MR) is 91.2 cm³/mol. The van der Waals surface area contributed by atoms with Gasteiger partial charge in [0.25, 0.3) is 0 Å². The molecule has 1 atom stereocenters. The maximum absolute atomic E-state index is 12.4. The number of anilines is 1. The first-order valence-electron chi connectivity index (χ1n) is 7.93. The third-order valence-corrected chi connectivity index (χ3v) is 3.99. The van der Waals surface area contributed by atoms with Crippen molar-refractivity contribution in [2.45, 2.75) is 32.7 Å². The van der Waals surface area contributed by atoms with E-state index in [4.69, 9.17) is 5.11 Å². The fourth-order valence-electron chi connectivity index (χ4n) is 2.76. The highest BCUT2D eigenvalue weighted by Crippen LogP contribution is 2.19. The van der Waals surface area contributed by atoms with Gasteiger partial charge in [0.1, 0.15) is 6.04 Å². The number of aliphatic carboxylic acids is 1. The van der Waals surface area contributed by atoms with Crippen LogP contribution in [0.4, 0.5) is 5.69 Å². The van der Waals surface area contributed by atoms with E-state index in [1.54, 1.807) is 24.3 Å². The van der Waals surface area contributed by atoms with E-state index in [9.17, 15) is 19.2 Å². The Morgan fingerprint density at radius 2 is 1.80 bits per heavy atom. The Balaban J connectivity index is 2.10. The number of nitrogens with one attached hydrogen (secondary N) is 1. The molecule has 2 rings (SSSR count). The zero-order valence-corrected chi connectivity index (χ0v) is 14.1. The second-order valence-electron chi connectivity index (χ2n) is 5.94. The van der Waals surface area contributed by atoms with Gasteiger partial charge < -0.3 is 15.3 Å². The van der Waals surface area contributed by atoms with Gasteiger partial charge in [-0.1, -0.05) is 0 Å². The summed E-state index contributed by atoms with van der Waals surface area (Å²) in [4.78, 5) is 48.1. The normalized spacial score (nSPS) is 17.3. The second kappa shape index (κ2) is 7.74. The fourth-order valence-corrected chi connectivity index (χ4v) is 2.76. The number of rotatable bonds is 5. The van der Waals surface area contributed by atoms with Crippen molar-refractivity contribution in [3.63, 3.8) is 0 Å². The van der Waals surface area contributed by atoms with Crippen LogP contribution in [0.15, 0.2) is 35.9 Å². The minimum atomic E-state index is -1.03. The van der Waals surface area contributed by atoms with Gasteiger partial charge in [-0.3, -0.25) is 14.4 Å². The number of carbonyl (C=O) groups is 4. The molecule has 7 nitrogen and oxygen atoms in total. The lowest BCUT2D eigenvalue weighted by atomic mass is 10.0. The SMILES string of the molecule is CC(=O)Nc1ccc(C(=O)C(C)=CC(=O)N2CCC[C@H]2C(=O)O)cc1. The molecule has 7 heteroatoms. The van der Waals surface area contributed by atoms with Crippen molar-refractivity contribution >= 4 is 29.3 Å². The molecule has 0 unspecified atom stereocenters. The van der Waals surface area contributed by atoms with Gasteiger partial charge in [-0.25, -0.2) is 4.79 Å². The molecule has 132 valence electrons. The molecule has 1 fully saturated rings. The number of carboxylic acid groups (broad SMARTS) is 1. The van der Waals surface area contributed by atoms with Crippen LogP contribution in [0.2, 0.25) is 0 Å². The van der Waals surface area contributed by atoms with Crippen molar-refractivity contribution < 1.29 is 24.3 Å². The molecule has 1 aromatic rings. The number of ketones is 1. The van der Waals surface area contributed by atoms with Crippen molar-refractivity contribution in [1.82, 2.24) is 4.90 Å². The first-order valence-corrected chi connectivity index (χ1v) is 7.93. The molecule has 1 saturated heterocycles. The van der Waals surface area contributed by atoms with Gasteiger partial charge in [0, 0.05) is 36.4 Å². The number of benzene rings is 1. The van der Waals surface area contributed by atoms with Crippen LogP contribution in [-0.2, 0) is 14.4 Å². The monoisotopic (exact) mass is 344 g/mol. The molecule has 25 heavy (non-hydrogen) atoms. The van der Waals surface area contributed by atoms with E-state index in [2.05, 4.69) is 5.32 Å². The Morgan fingerprint density at radius 3 is 2.36 bits per heavy atom. The minimum absolute atomic E-state index is 0.209. The van der Waals surface area contributed by atoms with Crippen molar-refractivity contribution in [2.75, 3.05) is 11.9 Å². The molecule has 0 spiro atoms. The summed E-state index contributed by atoms with van der Waals surface area (Å²) in [5.41, 5.74) is 1.18. The number of Topliss-reactive ketones (excluding diaryl/α,β-unsaturated/α-hetero) is 1. The molecular weight excluding hydrogens is 324 g/mol. The summed E-state index contributed by atoms with van der Waals surface area (Å²) < 4.78 is 0. The van der Waals surface area contributed by atoms with Gasteiger partial charge >= 0.3 is 5.97 Å². The van der Waals surface area contributed by atoms with Gasteiger partial charge in [0.05, 0.1) is 0 Å². The highest BCUT2D eigenvalue weighted by atomic mass is 16.4. The summed E-state index contributed by atoms with van der Waals surface area (Å²) in [6.07, 6.45) is 2.24. The molecule has 1 aliphatic rings. The largest absolute Gasteiger partial charge is 0.480 e. The van der Waals surface area contributed by atoms with Crippen LogP contribution < -0.4 is 5.32 Å². The van der Waals surface area contributed by atoms with Crippen LogP contribution in [-0.4, -0.2) is 46.2 Å². The molecular formula is C18H20N2O5. The number of amides is 2. The summed E-state index contributed by atoms with van der Waals surface area (Å²) >= 11 is 0. The highest BCUT2D eigenvalue weighted by molar-refractivity contribution is 6.11. The molecule has 0 aromatic heterocycles. The number of hydrogen-bond acceptors (Lipinski definition) is 4. The maximum atomic E-state index is 12.4.